The van der Waals surface area contributed by atoms with Gasteiger partial charge in [0.25, 0.3) is 0 Å². The third kappa shape index (κ3) is 2.49. The predicted molar refractivity (Wildman–Crippen MR) is 49.0 cm³/mol. The van der Waals surface area contributed by atoms with Crippen LogP contribution in [0.5, 0.6) is 0 Å². The molecule has 3 heteroatoms. The summed E-state index contributed by atoms with van der Waals surface area (Å²) in [7, 11) is 0. The highest BCUT2D eigenvalue weighted by Gasteiger charge is 2.19. The third-order valence-electron chi connectivity index (χ3n) is 2.06. The molecule has 13 heavy (non-hydrogen) atoms. The van der Waals surface area contributed by atoms with E-state index in [-0.39, 0.29) is 6.54 Å². The first-order valence-corrected chi connectivity index (χ1v) is 4.20. The quantitative estimate of drug-likeness (QED) is 0.768. The molecule has 0 aromatic heterocycles. The fourth-order valence-corrected chi connectivity index (χ4v) is 1.20. The highest BCUT2D eigenvalue weighted by molar-refractivity contribution is 5.25. The van der Waals surface area contributed by atoms with E-state index >= 15 is 0 Å². The van der Waals surface area contributed by atoms with Crippen molar-refractivity contribution in [1.29, 1.82) is 0 Å². The fourth-order valence-electron chi connectivity index (χ4n) is 1.20. The molecule has 2 N–H and O–H groups in total. The van der Waals surface area contributed by atoms with E-state index in [0.29, 0.717) is 5.56 Å². The first-order valence-electron chi connectivity index (χ1n) is 4.20. The summed E-state index contributed by atoms with van der Waals surface area (Å²) >= 11 is 0. The molecular formula is C10H13F2N. The summed E-state index contributed by atoms with van der Waals surface area (Å²) in [6, 6.07) is 7.05. The smallest absolute Gasteiger partial charge is 0.246 e. The molecule has 0 amide bonds. The van der Waals surface area contributed by atoms with Crippen LogP contribution < -0.4 is 5.73 Å². The number of alkyl halides is 2. The molecule has 0 bridgehead atoms. The lowest BCUT2D eigenvalue weighted by Gasteiger charge is -2.13. The maximum absolute atomic E-state index is 12.4. The molecule has 72 valence electrons. The largest absolute Gasteiger partial charge is 0.330 e. The molecule has 1 unspecified atom stereocenters. The van der Waals surface area contributed by atoms with Crippen molar-refractivity contribution in [2.75, 3.05) is 6.54 Å². The fraction of sp³-hybridized carbons (Fsp3) is 0.400. The monoisotopic (exact) mass is 185 g/mol. The maximum atomic E-state index is 12.4. The van der Waals surface area contributed by atoms with Gasteiger partial charge in [-0.3, -0.25) is 0 Å². The van der Waals surface area contributed by atoms with E-state index in [2.05, 4.69) is 0 Å². The first-order chi connectivity index (χ1) is 6.15. The molecular weight excluding hydrogens is 172 g/mol. The Morgan fingerprint density at radius 2 is 1.77 bits per heavy atom. The number of rotatable bonds is 3. The molecule has 0 fully saturated rings. The Morgan fingerprint density at radius 1 is 1.23 bits per heavy atom. The van der Waals surface area contributed by atoms with Crippen LogP contribution in [0.4, 0.5) is 8.78 Å². The molecule has 0 saturated heterocycles. The van der Waals surface area contributed by atoms with Crippen LogP contribution in [-0.4, -0.2) is 13.0 Å². The zero-order chi connectivity index (χ0) is 9.84. The SMILES string of the molecule is Cc1ccc(C(CN)C(F)F)cc1. The van der Waals surface area contributed by atoms with Gasteiger partial charge in [0, 0.05) is 6.54 Å². The summed E-state index contributed by atoms with van der Waals surface area (Å²) < 4.78 is 24.8. The minimum absolute atomic E-state index is 0.0132. The second-order valence-corrected chi connectivity index (χ2v) is 3.09. The number of hydrogen-bond acceptors (Lipinski definition) is 1. The predicted octanol–water partition coefficient (Wildman–Crippen LogP) is 2.30. The van der Waals surface area contributed by atoms with Crippen LogP contribution >= 0.6 is 0 Å². The van der Waals surface area contributed by atoms with E-state index in [4.69, 9.17) is 5.73 Å². The second kappa shape index (κ2) is 4.33. The zero-order valence-electron chi connectivity index (χ0n) is 7.50. The van der Waals surface area contributed by atoms with Gasteiger partial charge in [0.05, 0.1) is 5.92 Å². The molecule has 1 aromatic rings. The van der Waals surface area contributed by atoms with Gasteiger partial charge in [-0.2, -0.15) is 0 Å². The van der Waals surface area contributed by atoms with Crippen LogP contribution in [-0.2, 0) is 0 Å². The molecule has 0 aliphatic heterocycles. The minimum Gasteiger partial charge on any atom is -0.330 e. The summed E-state index contributed by atoms with van der Waals surface area (Å²) in [6.45, 7) is 1.91. The Labute approximate surface area is 76.6 Å². The van der Waals surface area contributed by atoms with Crippen LogP contribution in [0.2, 0.25) is 0 Å². The van der Waals surface area contributed by atoms with Gasteiger partial charge >= 0.3 is 0 Å². The number of benzene rings is 1. The molecule has 1 aromatic carbocycles. The molecule has 1 nitrogen and oxygen atoms in total. The average Bonchev–Trinajstić information content (AvgIpc) is 2.09. The topological polar surface area (TPSA) is 26.0 Å². The number of nitrogens with two attached hydrogens (primary N) is 1. The Bertz CT molecular complexity index is 256. The van der Waals surface area contributed by atoms with E-state index in [9.17, 15) is 8.78 Å². The molecule has 0 spiro atoms. The summed E-state index contributed by atoms with van der Waals surface area (Å²) in [5, 5.41) is 0. The molecule has 0 aliphatic rings. The van der Waals surface area contributed by atoms with Gasteiger partial charge in [0.2, 0.25) is 6.43 Å². The highest BCUT2D eigenvalue weighted by atomic mass is 19.3. The summed E-state index contributed by atoms with van der Waals surface area (Å²) in [6.07, 6.45) is -2.38. The number of hydrogen-bond donors (Lipinski definition) is 1. The van der Waals surface area contributed by atoms with Crippen molar-refractivity contribution in [3.63, 3.8) is 0 Å². The molecule has 0 radical (unpaired) electrons. The highest BCUT2D eigenvalue weighted by Crippen LogP contribution is 2.22. The minimum atomic E-state index is -2.38. The lowest BCUT2D eigenvalue weighted by molar-refractivity contribution is 0.117. The van der Waals surface area contributed by atoms with Crippen molar-refractivity contribution in [3.05, 3.63) is 35.4 Å². The summed E-state index contributed by atoms with van der Waals surface area (Å²) in [5.41, 5.74) is 6.94. The van der Waals surface area contributed by atoms with Gasteiger partial charge < -0.3 is 5.73 Å². The van der Waals surface area contributed by atoms with Gasteiger partial charge in [0.15, 0.2) is 0 Å². The van der Waals surface area contributed by atoms with Crippen molar-refractivity contribution in [3.8, 4) is 0 Å². The van der Waals surface area contributed by atoms with Crippen LogP contribution in [0.3, 0.4) is 0 Å². The van der Waals surface area contributed by atoms with E-state index < -0.39 is 12.3 Å². The molecule has 0 heterocycles. The van der Waals surface area contributed by atoms with Gasteiger partial charge in [0.1, 0.15) is 0 Å². The van der Waals surface area contributed by atoms with Crippen molar-refractivity contribution in [2.45, 2.75) is 19.3 Å². The number of aryl methyl sites for hydroxylation is 1. The van der Waals surface area contributed by atoms with Crippen LogP contribution in [0.1, 0.15) is 17.0 Å². The van der Waals surface area contributed by atoms with Crippen LogP contribution in [0.25, 0.3) is 0 Å². The Balaban J connectivity index is 2.86. The molecule has 1 rings (SSSR count). The van der Waals surface area contributed by atoms with Crippen molar-refractivity contribution in [2.24, 2.45) is 5.73 Å². The van der Waals surface area contributed by atoms with Gasteiger partial charge in [-0.25, -0.2) is 8.78 Å². The summed E-state index contributed by atoms with van der Waals surface area (Å²) in [5.74, 6) is -0.833. The van der Waals surface area contributed by atoms with Crippen LogP contribution in [0.15, 0.2) is 24.3 Å². The van der Waals surface area contributed by atoms with Gasteiger partial charge in [-0.05, 0) is 12.5 Å². The molecule has 0 saturated carbocycles. The van der Waals surface area contributed by atoms with Crippen LogP contribution in [0, 0.1) is 6.92 Å². The lowest BCUT2D eigenvalue weighted by atomic mass is 9.99. The zero-order valence-corrected chi connectivity index (χ0v) is 7.50. The standard InChI is InChI=1S/C10H13F2N/c1-7-2-4-8(5-3-7)9(6-13)10(11)12/h2-5,9-10H,6,13H2,1H3. The summed E-state index contributed by atoms with van der Waals surface area (Å²) in [4.78, 5) is 0. The average molecular weight is 185 g/mol. The Kier molecular flexibility index (Phi) is 3.37. The number of halogens is 2. The van der Waals surface area contributed by atoms with E-state index in [1.807, 2.05) is 19.1 Å². The third-order valence-corrected chi connectivity index (χ3v) is 2.06. The van der Waals surface area contributed by atoms with Crippen molar-refractivity contribution < 1.29 is 8.78 Å². The lowest BCUT2D eigenvalue weighted by Crippen LogP contribution is -2.19. The van der Waals surface area contributed by atoms with Gasteiger partial charge in [-0.15, -0.1) is 0 Å². The maximum Gasteiger partial charge on any atom is 0.246 e. The van der Waals surface area contributed by atoms with E-state index in [1.165, 1.54) is 0 Å². The van der Waals surface area contributed by atoms with E-state index in [0.717, 1.165) is 5.56 Å². The van der Waals surface area contributed by atoms with Crippen molar-refractivity contribution in [1.82, 2.24) is 0 Å². The second-order valence-electron chi connectivity index (χ2n) is 3.09. The Morgan fingerprint density at radius 3 is 2.15 bits per heavy atom. The molecule has 0 aliphatic carbocycles. The Hall–Kier alpha value is -0.960. The first kappa shape index (κ1) is 10.1. The normalized spacial score (nSPS) is 13.3. The van der Waals surface area contributed by atoms with Gasteiger partial charge in [-0.1, -0.05) is 29.8 Å². The van der Waals surface area contributed by atoms with Crippen molar-refractivity contribution >= 4 is 0 Å². The molecule has 1 atom stereocenters. The van der Waals surface area contributed by atoms with E-state index in [1.54, 1.807) is 12.1 Å².